The fraction of sp³-hybridized carbons (Fsp3) is 0.481. The maximum absolute atomic E-state index is 3.32. The van der Waals surface area contributed by atoms with Crippen molar-refractivity contribution in [3.05, 3.63) is 70.8 Å². The molecule has 3 rings (SSSR count). The van der Waals surface area contributed by atoms with E-state index in [-0.39, 0.29) is 8.80 Å². The Labute approximate surface area is 174 Å². The molecule has 0 radical (unpaired) electrons. The van der Waals surface area contributed by atoms with Crippen molar-refractivity contribution in [2.24, 2.45) is 5.92 Å². The van der Waals surface area contributed by atoms with Crippen molar-refractivity contribution in [2.75, 3.05) is 0 Å². The van der Waals surface area contributed by atoms with Crippen LogP contribution in [0, 0.1) is 17.8 Å². The fourth-order valence-corrected chi connectivity index (χ4v) is 7.32. The van der Waals surface area contributed by atoms with E-state index in [1.165, 1.54) is 62.1 Å². The molecule has 0 N–H and O–H groups in total. The van der Waals surface area contributed by atoms with Gasteiger partial charge in [0.25, 0.3) is 0 Å². The van der Waals surface area contributed by atoms with Crippen LogP contribution in [0.25, 0.3) is 0 Å². The number of unbranched alkanes of at least 4 members (excludes halogenated alkanes) is 1. The van der Waals surface area contributed by atoms with Crippen LogP contribution >= 0.6 is 0 Å². The van der Waals surface area contributed by atoms with E-state index in [9.17, 15) is 0 Å². The molecule has 0 saturated carbocycles. The maximum atomic E-state index is 3.32. The minimum Gasteiger partial charge on any atom is -0.0680 e. The lowest BCUT2D eigenvalue weighted by Gasteiger charge is -2.26. The third kappa shape index (κ3) is 6.68. The second-order valence-electron chi connectivity index (χ2n) is 8.58. The zero-order valence-electron chi connectivity index (χ0n) is 17.8. The average Bonchev–Trinajstić information content (AvgIpc) is 2.76. The minimum absolute atomic E-state index is 0.307. The number of aryl methyl sites for hydroxylation is 2. The molecule has 0 spiro atoms. The van der Waals surface area contributed by atoms with E-state index in [1.54, 1.807) is 12.1 Å². The van der Waals surface area contributed by atoms with E-state index in [1.807, 2.05) is 0 Å². The Morgan fingerprint density at radius 2 is 1.32 bits per heavy atom. The summed E-state index contributed by atoms with van der Waals surface area (Å²) in [4.78, 5) is 0. The Balaban J connectivity index is 1.47. The SMILES string of the molecule is CCCCc1ccc(C#Cc2ccc(CC[C@H]3CC[Si@H](CC)CC3)cc2)cc1. The fourth-order valence-electron chi connectivity index (χ4n) is 4.33. The Bertz CT molecular complexity index is 753. The third-order valence-corrected chi connectivity index (χ3v) is 9.92. The van der Waals surface area contributed by atoms with Crippen molar-refractivity contribution in [1.82, 2.24) is 0 Å². The van der Waals surface area contributed by atoms with Gasteiger partial charge in [-0.2, -0.15) is 0 Å². The summed E-state index contributed by atoms with van der Waals surface area (Å²) in [5, 5.41) is 0. The Kier molecular flexibility index (Phi) is 8.43. The third-order valence-electron chi connectivity index (χ3n) is 6.46. The molecular formula is C27H36Si. The maximum Gasteiger partial charge on any atom is 0.0365 e. The van der Waals surface area contributed by atoms with Crippen LogP contribution < -0.4 is 0 Å². The highest BCUT2D eigenvalue weighted by Crippen LogP contribution is 2.30. The molecule has 148 valence electrons. The highest BCUT2D eigenvalue weighted by Gasteiger charge is 2.20. The summed E-state index contributed by atoms with van der Waals surface area (Å²) in [6.45, 7) is 4.65. The molecular weight excluding hydrogens is 352 g/mol. The summed E-state index contributed by atoms with van der Waals surface area (Å²) in [5.74, 6) is 7.61. The summed E-state index contributed by atoms with van der Waals surface area (Å²) in [5.41, 5.74) is 5.12. The van der Waals surface area contributed by atoms with Crippen LogP contribution in [0.2, 0.25) is 18.1 Å². The second-order valence-corrected chi connectivity index (χ2v) is 12.3. The Morgan fingerprint density at radius 3 is 1.82 bits per heavy atom. The second kappa shape index (κ2) is 11.3. The topological polar surface area (TPSA) is 0 Å². The lowest BCUT2D eigenvalue weighted by molar-refractivity contribution is 0.437. The number of benzene rings is 2. The largest absolute Gasteiger partial charge is 0.0680 e. The highest BCUT2D eigenvalue weighted by molar-refractivity contribution is 6.58. The molecule has 0 unspecified atom stereocenters. The van der Waals surface area contributed by atoms with Gasteiger partial charge in [0.15, 0.2) is 0 Å². The van der Waals surface area contributed by atoms with Gasteiger partial charge in [0.2, 0.25) is 0 Å². The molecule has 0 amide bonds. The van der Waals surface area contributed by atoms with Crippen LogP contribution in [0.15, 0.2) is 48.5 Å². The molecule has 1 heteroatoms. The van der Waals surface area contributed by atoms with Crippen LogP contribution in [0.4, 0.5) is 0 Å². The van der Waals surface area contributed by atoms with E-state index < -0.39 is 0 Å². The lowest BCUT2D eigenvalue weighted by Crippen LogP contribution is -2.20. The first kappa shape index (κ1) is 20.9. The molecule has 1 aliphatic rings. The monoisotopic (exact) mass is 388 g/mol. The van der Waals surface area contributed by atoms with E-state index in [0.29, 0.717) is 0 Å². The standard InChI is InChI=1S/C27H36Si/c1-3-5-6-23-7-9-24(10-8-23)11-12-25-13-15-26(16-14-25)17-18-27-19-21-28(4-2)22-20-27/h7-10,13-16,27-28H,3-6,17-22H2,1-2H3/t27-,28-. The molecule has 1 saturated heterocycles. The van der Waals surface area contributed by atoms with E-state index in [0.717, 1.165) is 17.0 Å². The van der Waals surface area contributed by atoms with Gasteiger partial charge >= 0.3 is 0 Å². The van der Waals surface area contributed by atoms with Crippen LogP contribution in [-0.4, -0.2) is 8.80 Å². The number of hydrogen-bond acceptors (Lipinski definition) is 0. The average molecular weight is 389 g/mol. The summed E-state index contributed by atoms with van der Waals surface area (Å²) >= 11 is 0. The van der Waals surface area contributed by atoms with E-state index in [2.05, 4.69) is 74.2 Å². The van der Waals surface area contributed by atoms with Crippen LogP contribution in [0.1, 0.15) is 68.2 Å². The molecule has 28 heavy (non-hydrogen) atoms. The molecule has 1 heterocycles. The van der Waals surface area contributed by atoms with Crippen LogP contribution in [0.5, 0.6) is 0 Å². The highest BCUT2D eigenvalue weighted by atomic mass is 28.3. The summed E-state index contributed by atoms with van der Waals surface area (Å²) < 4.78 is 0. The van der Waals surface area contributed by atoms with Crippen molar-refractivity contribution >= 4 is 8.80 Å². The first-order chi connectivity index (χ1) is 13.8. The van der Waals surface area contributed by atoms with E-state index in [4.69, 9.17) is 0 Å². The molecule has 0 nitrogen and oxygen atoms in total. The normalized spacial score (nSPS) is 19.1. The molecule has 0 atom stereocenters. The minimum atomic E-state index is -0.307. The Hall–Kier alpha value is -1.78. The summed E-state index contributed by atoms with van der Waals surface area (Å²) in [7, 11) is -0.307. The van der Waals surface area contributed by atoms with Gasteiger partial charge in [-0.25, -0.2) is 0 Å². The molecule has 0 aromatic heterocycles. The quantitative estimate of drug-likeness (QED) is 0.353. The number of rotatable bonds is 7. The van der Waals surface area contributed by atoms with Gasteiger partial charge in [-0.05, 0) is 67.0 Å². The van der Waals surface area contributed by atoms with Gasteiger partial charge in [0.05, 0.1) is 0 Å². The van der Waals surface area contributed by atoms with Crippen molar-refractivity contribution in [3.63, 3.8) is 0 Å². The lowest BCUT2D eigenvalue weighted by atomic mass is 9.94. The molecule has 2 aromatic rings. The van der Waals surface area contributed by atoms with Gasteiger partial charge in [-0.3, -0.25) is 0 Å². The Morgan fingerprint density at radius 1 is 0.786 bits per heavy atom. The van der Waals surface area contributed by atoms with Gasteiger partial charge in [0, 0.05) is 19.9 Å². The number of hydrogen-bond donors (Lipinski definition) is 0. The smallest absolute Gasteiger partial charge is 0.0365 e. The zero-order chi connectivity index (χ0) is 19.6. The van der Waals surface area contributed by atoms with Crippen molar-refractivity contribution in [3.8, 4) is 11.8 Å². The molecule has 0 bridgehead atoms. The summed E-state index contributed by atoms with van der Waals surface area (Å²) in [6, 6.07) is 22.4. The van der Waals surface area contributed by atoms with Crippen molar-refractivity contribution < 1.29 is 0 Å². The first-order valence-electron chi connectivity index (χ1n) is 11.5. The van der Waals surface area contributed by atoms with Crippen molar-refractivity contribution in [1.29, 1.82) is 0 Å². The summed E-state index contributed by atoms with van der Waals surface area (Å²) in [6.07, 6.45) is 9.30. The molecule has 1 aliphatic heterocycles. The van der Waals surface area contributed by atoms with Gasteiger partial charge in [-0.15, -0.1) is 0 Å². The van der Waals surface area contributed by atoms with Gasteiger partial charge in [-0.1, -0.05) is 87.3 Å². The van der Waals surface area contributed by atoms with Crippen LogP contribution in [0.3, 0.4) is 0 Å². The van der Waals surface area contributed by atoms with E-state index >= 15 is 0 Å². The van der Waals surface area contributed by atoms with Crippen molar-refractivity contribution in [2.45, 2.75) is 76.9 Å². The predicted molar refractivity (Wildman–Crippen MR) is 126 cm³/mol. The molecule has 2 aromatic carbocycles. The zero-order valence-corrected chi connectivity index (χ0v) is 19.0. The molecule has 1 fully saturated rings. The molecule has 0 aliphatic carbocycles. The predicted octanol–water partition coefficient (Wildman–Crippen LogP) is 7.02. The van der Waals surface area contributed by atoms with Gasteiger partial charge in [0.1, 0.15) is 0 Å². The van der Waals surface area contributed by atoms with Gasteiger partial charge < -0.3 is 0 Å². The van der Waals surface area contributed by atoms with Crippen LogP contribution in [-0.2, 0) is 12.8 Å². The first-order valence-corrected chi connectivity index (χ1v) is 13.9.